The van der Waals surface area contributed by atoms with E-state index in [-0.39, 0.29) is 12.2 Å². The maximum Gasteiger partial charge on any atom is 0.269 e. The number of benzene rings is 1. The van der Waals surface area contributed by atoms with Crippen LogP contribution >= 0.6 is 0 Å². The van der Waals surface area contributed by atoms with Crippen LogP contribution in [0.5, 0.6) is 5.75 Å². The summed E-state index contributed by atoms with van der Waals surface area (Å²) in [4.78, 5) is 27.0. The number of hydrogen-bond acceptors (Lipinski definition) is 6. The molecule has 0 fully saturated rings. The van der Waals surface area contributed by atoms with Crippen molar-refractivity contribution in [1.82, 2.24) is 25.6 Å². The van der Waals surface area contributed by atoms with Crippen LogP contribution in [-0.2, 0) is 17.6 Å². The van der Waals surface area contributed by atoms with Gasteiger partial charge in [-0.15, -0.1) is 10.2 Å². The molecule has 2 N–H and O–H groups in total. The third-order valence-corrected chi connectivity index (χ3v) is 3.62. The number of carbonyl (C=O) groups is 2. The largest absolute Gasteiger partial charge is 0.497 e. The lowest BCUT2D eigenvalue weighted by atomic mass is 10.0. The summed E-state index contributed by atoms with van der Waals surface area (Å²) < 4.78 is 5.13. The van der Waals surface area contributed by atoms with E-state index in [2.05, 4.69) is 25.6 Å². The molecule has 0 aliphatic carbocycles. The summed E-state index contributed by atoms with van der Waals surface area (Å²) in [5.74, 6) is -0.777. The Balaban J connectivity index is 1.70. The molecule has 0 saturated heterocycles. The highest BCUT2D eigenvalue weighted by Crippen LogP contribution is 2.17. The van der Waals surface area contributed by atoms with Gasteiger partial charge in [-0.05, 0) is 41.0 Å². The van der Waals surface area contributed by atoms with Crippen LogP contribution in [0.25, 0.3) is 0 Å². The van der Waals surface area contributed by atoms with Crippen molar-refractivity contribution in [3.63, 3.8) is 0 Å². The summed E-state index contributed by atoms with van der Waals surface area (Å²) in [6, 6.07) is 9.58. The lowest BCUT2D eigenvalue weighted by Crippen LogP contribution is -2.19. The summed E-state index contributed by atoms with van der Waals surface area (Å²) in [6.07, 6.45) is 2.36. The van der Waals surface area contributed by atoms with Crippen molar-refractivity contribution in [1.29, 1.82) is 0 Å². The van der Waals surface area contributed by atoms with Crippen LogP contribution in [-0.4, -0.2) is 44.3 Å². The van der Waals surface area contributed by atoms with E-state index >= 15 is 0 Å². The second-order valence-electron chi connectivity index (χ2n) is 5.17. The molecule has 0 amide bonds. The van der Waals surface area contributed by atoms with Gasteiger partial charge < -0.3 is 9.72 Å². The summed E-state index contributed by atoms with van der Waals surface area (Å²) in [6.45, 7) is 0. The number of carbonyl (C=O) groups excluding carboxylic acids is 2. The van der Waals surface area contributed by atoms with Crippen molar-refractivity contribution < 1.29 is 14.3 Å². The zero-order valence-corrected chi connectivity index (χ0v) is 12.9. The molecule has 8 nitrogen and oxygen atoms in total. The lowest BCUT2D eigenvalue weighted by Gasteiger charge is -2.05. The molecule has 3 aromatic rings. The monoisotopic (exact) mass is 325 g/mol. The molecule has 0 radical (unpaired) electrons. The van der Waals surface area contributed by atoms with E-state index in [1.165, 1.54) is 0 Å². The molecule has 0 saturated carbocycles. The third-order valence-electron chi connectivity index (χ3n) is 3.62. The highest BCUT2D eigenvalue weighted by Gasteiger charge is 2.22. The van der Waals surface area contributed by atoms with Crippen molar-refractivity contribution in [3.05, 3.63) is 59.2 Å². The van der Waals surface area contributed by atoms with Gasteiger partial charge in [0.2, 0.25) is 11.6 Å². The Morgan fingerprint density at radius 1 is 1.17 bits per heavy atom. The van der Waals surface area contributed by atoms with Gasteiger partial charge >= 0.3 is 0 Å². The summed E-state index contributed by atoms with van der Waals surface area (Å²) >= 11 is 0. The quantitative estimate of drug-likeness (QED) is 0.497. The minimum Gasteiger partial charge on any atom is -0.497 e. The molecule has 8 heteroatoms. The topological polar surface area (TPSA) is 114 Å². The summed E-state index contributed by atoms with van der Waals surface area (Å²) in [5, 5.41) is 12.5. The predicted octanol–water partition coefficient (Wildman–Crippen LogP) is 1.12. The van der Waals surface area contributed by atoms with Gasteiger partial charge in [0.25, 0.3) is 5.78 Å². The average molecular weight is 325 g/mol. The molecule has 2 aromatic heterocycles. The standard InChI is InChI=1S/C16H15N5O3/c1-24-12-4-2-10(3-5-12)8-11-6-7-17-13(11)9-14(22)15(23)16-18-20-21-19-16/h2-7,17H,8-9H2,1H3,(H,18,19,20,21). The van der Waals surface area contributed by atoms with Crippen molar-refractivity contribution in [3.8, 4) is 5.75 Å². The van der Waals surface area contributed by atoms with E-state index in [4.69, 9.17) is 4.74 Å². The molecule has 0 spiro atoms. The van der Waals surface area contributed by atoms with Crippen molar-refractivity contribution in [2.75, 3.05) is 7.11 Å². The molecule has 0 unspecified atom stereocenters. The normalized spacial score (nSPS) is 10.5. The smallest absolute Gasteiger partial charge is 0.269 e. The van der Waals surface area contributed by atoms with Crippen LogP contribution in [0.3, 0.4) is 0 Å². The van der Waals surface area contributed by atoms with Crippen molar-refractivity contribution in [2.24, 2.45) is 0 Å². The average Bonchev–Trinajstić information content (AvgIpc) is 3.27. The number of aromatic amines is 2. The molecule has 0 atom stereocenters. The zero-order chi connectivity index (χ0) is 16.9. The molecule has 0 aliphatic heterocycles. The number of H-pyrrole nitrogens is 2. The first-order valence-electron chi connectivity index (χ1n) is 7.26. The Morgan fingerprint density at radius 3 is 2.62 bits per heavy atom. The molecule has 24 heavy (non-hydrogen) atoms. The van der Waals surface area contributed by atoms with Crippen molar-refractivity contribution in [2.45, 2.75) is 12.8 Å². The molecular formula is C16H15N5O3. The number of ether oxygens (including phenoxy) is 1. The third kappa shape index (κ3) is 3.37. The van der Waals surface area contributed by atoms with Crippen LogP contribution in [0.15, 0.2) is 36.5 Å². The first-order valence-corrected chi connectivity index (χ1v) is 7.26. The number of nitrogens with zero attached hydrogens (tertiary/aromatic N) is 3. The number of hydrogen-bond donors (Lipinski definition) is 2. The van der Waals surface area contributed by atoms with E-state index in [0.29, 0.717) is 12.1 Å². The van der Waals surface area contributed by atoms with Gasteiger partial charge in [0.1, 0.15) is 5.75 Å². The number of aromatic nitrogens is 5. The van der Waals surface area contributed by atoms with E-state index in [1.54, 1.807) is 13.3 Å². The highest BCUT2D eigenvalue weighted by atomic mass is 16.5. The molecule has 1 aromatic carbocycles. The number of nitrogens with one attached hydrogen (secondary N) is 2. The van der Waals surface area contributed by atoms with Crippen LogP contribution in [0.4, 0.5) is 0 Å². The van der Waals surface area contributed by atoms with Crippen molar-refractivity contribution >= 4 is 11.6 Å². The maximum atomic E-state index is 12.1. The summed E-state index contributed by atoms with van der Waals surface area (Å²) in [5.41, 5.74) is 2.73. The van der Waals surface area contributed by atoms with Crippen LogP contribution in [0, 0.1) is 0 Å². The second-order valence-corrected chi connectivity index (χ2v) is 5.17. The van der Waals surface area contributed by atoms with Gasteiger partial charge in [-0.1, -0.05) is 12.1 Å². The van der Waals surface area contributed by atoms with E-state index < -0.39 is 11.6 Å². The van der Waals surface area contributed by atoms with E-state index in [0.717, 1.165) is 16.9 Å². The fraction of sp³-hybridized carbons (Fsp3) is 0.188. The second kappa shape index (κ2) is 6.86. The van der Waals surface area contributed by atoms with Gasteiger partial charge in [0.15, 0.2) is 0 Å². The van der Waals surface area contributed by atoms with Crippen LogP contribution < -0.4 is 4.74 Å². The number of methoxy groups -OCH3 is 1. The molecule has 122 valence electrons. The van der Waals surface area contributed by atoms with Gasteiger partial charge in [-0.2, -0.15) is 5.21 Å². The predicted molar refractivity (Wildman–Crippen MR) is 83.8 cm³/mol. The molecule has 0 aliphatic rings. The van der Waals surface area contributed by atoms with Gasteiger partial charge in [-0.3, -0.25) is 9.59 Å². The number of tetrazole rings is 1. The molecule has 2 heterocycles. The van der Waals surface area contributed by atoms with Gasteiger partial charge in [-0.25, -0.2) is 0 Å². The van der Waals surface area contributed by atoms with Crippen LogP contribution in [0.2, 0.25) is 0 Å². The first-order chi connectivity index (χ1) is 11.7. The molecular weight excluding hydrogens is 310 g/mol. The number of ketones is 2. The summed E-state index contributed by atoms with van der Waals surface area (Å²) in [7, 11) is 1.62. The Morgan fingerprint density at radius 2 is 1.96 bits per heavy atom. The molecule has 0 bridgehead atoms. The lowest BCUT2D eigenvalue weighted by molar-refractivity contribution is -0.114. The van der Waals surface area contributed by atoms with E-state index in [9.17, 15) is 9.59 Å². The van der Waals surface area contributed by atoms with Gasteiger partial charge in [0, 0.05) is 11.9 Å². The first kappa shape index (κ1) is 15.6. The van der Waals surface area contributed by atoms with Crippen LogP contribution in [0.1, 0.15) is 27.4 Å². The maximum absolute atomic E-state index is 12.1. The SMILES string of the molecule is COc1ccc(Cc2cc[nH]c2CC(=O)C(=O)c2nn[nH]n2)cc1. The Hall–Kier alpha value is -3.29. The van der Waals surface area contributed by atoms with Gasteiger partial charge in [0.05, 0.1) is 13.5 Å². The minimum absolute atomic E-state index is 0.0359. The Bertz CT molecular complexity index is 837. The number of rotatable bonds is 7. The fourth-order valence-electron chi connectivity index (χ4n) is 2.35. The minimum atomic E-state index is -0.756. The fourth-order valence-corrected chi connectivity index (χ4v) is 2.35. The highest BCUT2D eigenvalue weighted by molar-refractivity contribution is 6.43. The zero-order valence-electron chi connectivity index (χ0n) is 12.9. The Labute approximate surface area is 137 Å². The number of Topliss-reactive ketones (excluding diaryl/α,β-unsaturated/α-hetero) is 2. The Kier molecular flexibility index (Phi) is 4.46. The van der Waals surface area contributed by atoms with E-state index in [1.807, 2.05) is 30.3 Å². The molecule has 3 rings (SSSR count).